The molecule has 0 aliphatic rings. The monoisotopic (exact) mass is 311 g/mol. The van der Waals surface area contributed by atoms with Crippen LogP contribution >= 0.6 is 0 Å². The highest BCUT2D eigenvalue weighted by atomic mass is 16.5. The van der Waals surface area contributed by atoms with Crippen LogP contribution in [-0.2, 0) is 13.1 Å². The second-order valence-corrected chi connectivity index (χ2v) is 5.85. The summed E-state index contributed by atoms with van der Waals surface area (Å²) in [7, 11) is 0. The standard InChI is InChI=1S/C17H21N5O/c1-13(2)21(12-17-19-14(3)23-20-17)11-15-6-4-7-16(10-15)22-9-5-8-18-22/h4-10,13H,11-12H2,1-3H3. The van der Waals surface area contributed by atoms with Gasteiger partial charge in [-0.2, -0.15) is 10.1 Å². The van der Waals surface area contributed by atoms with E-state index in [0.29, 0.717) is 18.5 Å². The van der Waals surface area contributed by atoms with Crippen LogP contribution in [-0.4, -0.2) is 30.9 Å². The van der Waals surface area contributed by atoms with Crippen LogP contribution in [0.2, 0.25) is 0 Å². The predicted octanol–water partition coefficient (Wildman–Crippen LogP) is 2.97. The van der Waals surface area contributed by atoms with Gasteiger partial charge < -0.3 is 4.52 Å². The van der Waals surface area contributed by atoms with Gasteiger partial charge in [-0.25, -0.2) is 4.68 Å². The van der Waals surface area contributed by atoms with Gasteiger partial charge in [0.1, 0.15) is 0 Å². The highest BCUT2D eigenvalue weighted by Gasteiger charge is 2.14. The lowest BCUT2D eigenvalue weighted by Gasteiger charge is -2.25. The molecule has 0 saturated heterocycles. The lowest BCUT2D eigenvalue weighted by atomic mass is 10.1. The van der Waals surface area contributed by atoms with Crippen LogP contribution in [0.3, 0.4) is 0 Å². The molecular formula is C17H21N5O. The van der Waals surface area contributed by atoms with Crippen LogP contribution in [0.5, 0.6) is 0 Å². The van der Waals surface area contributed by atoms with Crippen LogP contribution < -0.4 is 0 Å². The van der Waals surface area contributed by atoms with E-state index < -0.39 is 0 Å². The summed E-state index contributed by atoms with van der Waals surface area (Å²) < 4.78 is 6.93. The van der Waals surface area contributed by atoms with Gasteiger partial charge in [0.05, 0.1) is 12.2 Å². The lowest BCUT2D eigenvalue weighted by molar-refractivity contribution is 0.196. The third-order valence-electron chi connectivity index (χ3n) is 3.71. The summed E-state index contributed by atoms with van der Waals surface area (Å²) >= 11 is 0. The Bertz CT molecular complexity index is 748. The Morgan fingerprint density at radius 1 is 1.22 bits per heavy atom. The summed E-state index contributed by atoms with van der Waals surface area (Å²) in [5.74, 6) is 1.32. The maximum atomic E-state index is 5.06. The lowest BCUT2D eigenvalue weighted by Crippen LogP contribution is -2.30. The minimum absolute atomic E-state index is 0.377. The molecule has 0 fully saturated rings. The van der Waals surface area contributed by atoms with E-state index in [0.717, 1.165) is 18.1 Å². The van der Waals surface area contributed by atoms with Gasteiger partial charge in [-0.1, -0.05) is 17.3 Å². The van der Waals surface area contributed by atoms with Gasteiger partial charge in [-0.3, -0.25) is 4.90 Å². The summed E-state index contributed by atoms with van der Waals surface area (Å²) in [4.78, 5) is 6.61. The molecular weight excluding hydrogens is 290 g/mol. The first kappa shape index (κ1) is 15.4. The van der Waals surface area contributed by atoms with E-state index in [1.165, 1.54) is 5.56 Å². The molecule has 120 valence electrons. The van der Waals surface area contributed by atoms with Gasteiger partial charge in [-0.15, -0.1) is 0 Å². The van der Waals surface area contributed by atoms with Gasteiger partial charge in [0, 0.05) is 31.9 Å². The maximum absolute atomic E-state index is 5.06. The third-order valence-corrected chi connectivity index (χ3v) is 3.71. The Balaban J connectivity index is 1.76. The fourth-order valence-electron chi connectivity index (χ4n) is 2.46. The quantitative estimate of drug-likeness (QED) is 0.700. The van der Waals surface area contributed by atoms with Gasteiger partial charge >= 0.3 is 0 Å². The number of hydrogen-bond acceptors (Lipinski definition) is 5. The molecule has 6 heteroatoms. The predicted molar refractivity (Wildman–Crippen MR) is 87.0 cm³/mol. The zero-order valence-electron chi connectivity index (χ0n) is 13.7. The number of hydrogen-bond donors (Lipinski definition) is 0. The molecule has 6 nitrogen and oxygen atoms in total. The largest absolute Gasteiger partial charge is 0.340 e. The Labute approximate surface area is 135 Å². The van der Waals surface area contributed by atoms with Crippen molar-refractivity contribution in [2.24, 2.45) is 0 Å². The molecule has 0 aliphatic heterocycles. The topological polar surface area (TPSA) is 60.0 Å². The maximum Gasteiger partial charge on any atom is 0.223 e. The smallest absolute Gasteiger partial charge is 0.223 e. The van der Waals surface area contributed by atoms with Crippen molar-refractivity contribution < 1.29 is 4.52 Å². The Morgan fingerprint density at radius 3 is 2.74 bits per heavy atom. The highest BCUT2D eigenvalue weighted by molar-refractivity contribution is 5.35. The van der Waals surface area contributed by atoms with Crippen LogP contribution in [0.15, 0.2) is 47.2 Å². The summed E-state index contributed by atoms with van der Waals surface area (Å²) in [6.07, 6.45) is 3.73. The fourth-order valence-corrected chi connectivity index (χ4v) is 2.46. The fraction of sp³-hybridized carbons (Fsp3) is 0.353. The van der Waals surface area contributed by atoms with Gasteiger partial charge in [-0.05, 0) is 37.6 Å². The molecule has 0 atom stereocenters. The normalized spacial score (nSPS) is 11.5. The minimum atomic E-state index is 0.377. The van der Waals surface area contributed by atoms with Crippen LogP contribution in [0.25, 0.3) is 5.69 Å². The molecule has 2 aromatic heterocycles. The van der Waals surface area contributed by atoms with E-state index in [1.807, 2.05) is 23.9 Å². The summed E-state index contributed by atoms with van der Waals surface area (Å²) in [5.41, 5.74) is 2.29. The van der Waals surface area contributed by atoms with Crippen molar-refractivity contribution in [3.8, 4) is 5.69 Å². The Kier molecular flexibility index (Phi) is 4.52. The molecule has 0 unspecified atom stereocenters. The summed E-state index contributed by atoms with van der Waals surface area (Å²) in [5, 5.41) is 8.28. The van der Waals surface area contributed by atoms with Gasteiger partial charge in [0.15, 0.2) is 5.82 Å². The van der Waals surface area contributed by atoms with E-state index in [4.69, 9.17) is 4.52 Å². The SMILES string of the molecule is Cc1nc(CN(Cc2cccc(-n3cccn3)c2)C(C)C)no1. The van der Waals surface area contributed by atoms with Crippen LogP contribution in [0.1, 0.15) is 31.1 Å². The van der Waals surface area contributed by atoms with Crippen molar-refractivity contribution >= 4 is 0 Å². The van der Waals surface area contributed by atoms with Crippen LogP contribution in [0, 0.1) is 6.92 Å². The third kappa shape index (κ3) is 3.84. The molecule has 0 amide bonds. The van der Waals surface area contributed by atoms with Crippen molar-refractivity contribution in [3.63, 3.8) is 0 Å². The molecule has 3 aromatic rings. The van der Waals surface area contributed by atoms with E-state index in [1.54, 1.807) is 6.20 Å². The van der Waals surface area contributed by atoms with Crippen molar-refractivity contribution in [2.45, 2.75) is 39.9 Å². The molecule has 23 heavy (non-hydrogen) atoms. The zero-order chi connectivity index (χ0) is 16.2. The van der Waals surface area contributed by atoms with Crippen LogP contribution in [0.4, 0.5) is 0 Å². The average molecular weight is 311 g/mol. The molecule has 3 rings (SSSR count). The van der Waals surface area contributed by atoms with Gasteiger partial charge in [0.2, 0.25) is 5.89 Å². The number of aryl methyl sites for hydroxylation is 1. The average Bonchev–Trinajstić information content (AvgIpc) is 3.18. The minimum Gasteiger partial charge on any atom is -0.340 e. The molecule has 0 radical (unpaired) electrons. The second kappa shape index (κ2) is 6.75. The molecule has 0 spiro atoms. The van der Waals surface area contributed by atoms with Crippen molar-refractivity contribution in [2.75, 3.05) is 0 Å². The molecule has 1 aromatic carbocycles. The van der Waals surface area contributed by atoms with Crippen molar-refractivity contribution in [1.82, 2.24) is 24.8 Å². The van der Waals surface area contributed by atoms with E-state index in [2.05, 4.69) is 58.3 Å². The first-order chi connectivity index (χ1) is 11.1. The first-order valence-electron chi connectivity index (χ1n) is 7.74. The number of rotatable bonds is 6. The van der Waals surface area contributed by atoms with E-state index >= 15 is 0 Å². The van der Waals surface area contributed by atoms with Crippen molar-refractivity contribution in [1.29, 1.82) is 0 Å². The Morgan fingerprint density at radius 2 is 2.09 bits per heavy atom. The second-order valence-electron chi connectivity index (χ2n) is 5.85. The first-order valence-corrected chi connectivity index (χ1v) is 7.74. The molecule has 0 aliphatic carbocycles. The molecule has 0 bridgehead atoms. The molecule has 0 N–H and O–H groups in total. The van der Waals surface area contributed by atoms with E-state index in [9.17, 15) is 0 Å². The number of nitrogens with zero attached hydrogens (tertiary/aromatic N) is 5. The zero-order valence-corrected chi connectivity index (χ0v) is 13.7. The number of benzene rings is 1. The van der Waals surface area contributed by atoms with Crippen molar-refractivity contribution in [3.05, 3.63) is 60.0 Å². The van der Waals surface area contributed by atoms with Gasteiger partial charge in [0.25, 0.3) is 0 Å². The highest BCUT2D eigenvalue weighted by Crippen LogP contribution is 2.15. The molecule has 0 saturated carbocycles. The Hall–Kier alpha value is -2.47. The number of aromatic nitrogens is 4. The summed E-state index contributed by atoms with van der Waals surface area (Å²) in [6.45, 7) is 7.64. The molecule has 2 heterocycles. The van der Waals surface area contributed by atoms with E-state index in [-0.39, 0.29) is 0 Å². The summed E-state index contributed by atoms with van der Waals surface area (Å²) in [6, 6.07) is 10.7.